The van der Waals surface area contributed by atoms with E-state index >= 15 is 0 Å². The van der Waals surface area contributed by atoms with Crippen LogP contribution < -0.4 is 14.8 Å². The number of ether oxygens (including phenoxy) is 2. The van der Waals surface area contributed by atoms with Gasteiger partial charge in [-0.3, -0.25) is 9.59 Å². The molecule has 0 saturated carbocycles. The van der Waals surface area contributed by atoms with Gasteiger partial charge in [0.25, 0.3) is 0 Å². The summed E-state index contributed by atoms with van der Waals surface area (Å²) in [6, 6.07) is 5.66. The van der Waals surface area contributed by atoms with Crippen LogP contribution in [0.2, 0.25) is 0 Å². The topological polar surface area (TPSA) is 67.9 Å². The molecule has 0 aromatic heterocycles. The summed E-state index contributed by atoms with van der Waals surface area (Å²) >= 11 is 1.58. The fraction of sp³-hybridized carbons (Fsp3) is 0.529. The summed E-state index contributed by atoms with van der Waals surface area (Å²) in [6.45, 7) is 4.77. The van der Waals surface area contributed by atoms with Crippen LogP contribution in [0.5, 0.6) is 11.5 Å². The molecule has 2 unspecified atom stereocenters. The third-order valence-corrected chi connectivity index (χ3v) is 5.29. The number of nitrogens with zero attached hydrogens (tertiary/aromatic N) is 1. The maximum atomic E-state index is 12.5. The average Bonchev–Trinajstić information content (AvgIpc) is 2.87. The number of methoxy groups -OCH3 is 2. The van der Waals surface area contributed by atoms with Crippen molar-refractivity contribution in [2.45, 2.75) is 30.9 Å². The summed E-state index contributed by atoms with van der Waals surface area (Å²) < 4.78 is 10.6. The third-order valence-electron chi connectivity index (χ3n) is 3.89. The second-order valence-corrected chi connectivity index (χ2v) is 6.91. The Morgan fingerprint density at radius 1 is 1.29 bits per heavy atom. The van der Waals surface area contributed by atoms with E-state index < -0.39 is 0 Å². The Bertz CT molecular complexity index is 608. The van der Waals surface area contributed by atoms with Crippen molar-refractivity contribution in [2.75, 3.05) is 27.3 Å². The fourth-order valence-electron chi connectivity index (χ4n) is 2.67. The lowest BCUT2D eigenvalue weighted by molar-refractivity contribution is -0.130. The molecule has 0 spiro atoms. The van der Waals surface area contributed by atoms with Gasteiger partial charge in [-0.1, -0.05) is 6.07 Å². The van der Waals surface area contributed by atoms with Crippen LogP contribution in [0.15, 0.2) is 18.2 Å². The fourth-order valence-corrected chi connectivity index (χ4v) is 3.97. The molecular formula is C17H24N2O4S. The number of hydrogen-bond donors (Lipinski definition) is 1. The molecule has 2 atom stereocenters. The van der Waals surface area contributed by atoms with Crippen molar-refractivity contribution < 1.29 is 19.1 Å². The quantitative estimate of drug-likeness (QED) is 0.815. The molecule has 1 saturated heterocycles. The Kier molecular flexibility index (Phi) is 6.36. The number of thioether (sulfide) groups is 1. The van der Waals surface area contributed by atoms with E-state index in [2.05, 4.69) is 5.32 Å². The highest BCUT2D eigenvalue weighted by atomic mass is 32.2. The van der Waals surface area contributed by atoms with Crippen LogP contribution in [0, 0.1) is 0 Å². The molecule has 0 radical (unpaired) electrons. The van der Waals surface area contributed by atoms with Gasteiger partial charge in [0.15, 0.2) is 11.5 Å². The van der Waals surface area contributed by atoms with Gasteiger partial charge in [0.05, 0.1) is 19.5 Å². The molecule has 1 N–H and O–H groups in total. The summed E-state index contributed by atoms with van der Waals surface area (Å²) in [4.78, 5) is 25.9. The van der Waals surface area contributed by atoms with E-state index in [1.54, 1.807) is 30.9 Å². The first-order chi connectivity index (χ1) is 11.5. The number of benzene rings is 1. The molecule has 6 nitrogen and oxygen atoms in total. The Balaban J connectivity index is 2.20. The van der Waals surface area contributed by atoms with Gasteiger partial charge in [0.2, 0.25) is 11.8 Å². The minimum absolute atomic E-state index is 0.0408. The second-order valence-electron chi connectivity index (χ2n) is 5.48. The lowest BCUT2D eigenvalue weighted by Gasteiger charge is -2.24. The molecule has 1 aromatic carbocycles. The van der Waals surface area contributed by atoms with Gasteiger partial charge in [0.1, 0.15) is 5.37 Å². The van der Waals surface area contributed by atoms with Crippen LogP contribution in [0.25, 0.3) is 0 Å². The molecular weight excluding hydrogens is 328 g/mol. The normalized spacial score (nSPS) is 20.2. The predicted molar refractivity (Wildman–Crippen MR) is 94.4 cm³/mol. The van der Waals surface area contributed by atoms with E-state index in [0.717, 1.165) is 5.56 Å². The minimum atomic E-state index is -0.127. The molecule has 1 heterocycles. The van der Waals surface area contributed by atoms with Gasteiger partial charge in [-0.05, 0) is 31.5 Å². The average molecular weight is 352 g/mol. The number of nitrogens with one attached hydrogen (secondary N) is 1. The standard InChI is InChI=1S/C17H24N2O4S/c1-5-18-15(20)8-9-19-16(21)11(2)24-17(19)12-6-7-13(22-3)14(10-12)23-4/h6-7,10-11,17H,5,8-9H2,1-4H3,(H,18,20). The molecule has 24 heavy (non-hydrogen) atoms. The highest BCUT2D eigenvalue weighted by Gasteiger charge is 2.38. The van der Waals surface area contributed by atoms with E-state index in [1.165, 1.54) is 0 Å². The van der Waals surface area contributed by atoms with Crippen molar-refractivity contribution in [3.8, 4) is 11.5 Å². The van der Waals surface area contributed by atoms with Gasteiger partial charge >= 0.3 is 0 Å². The Morgan fingerprint density at radius 3 is 2.62 bits per heavy atom. The summed E-state index contributed by atoms with van der Waals surface area (Å²) in [5.41, 5.74) is 0.964. The number of rotatable bonds is 7. The van der Waals surface area contributed by atoms with Gasteiger partial charge in [-0.2, -0.15) is 0 Å². The second kappa shape index (κ2) is 8.28. The van der Waals surface area contributed by atoms with E-state index in [9.17, 15) is 9.59 Å². The molecule has 7 heteroatoms. The van der Waals surface area contributed by atoms with Crippen molar-refractivity contribution >= 4 is 23.6 Å². The first kappa shape index (κ1) is 18.4. The van der Waals surface area contributed by atoms with Gasteiger partial charge < -0.3 is 19.7 Å². The zero-order valence-corrected chi connectivity index (χ0v) is 15.3. The lowest BCUT2D eigenvalue weighted by Crippen LogP contribution is -2.34. The first-order valence-electron chi connectivity index (χ1n) is 7.96. The SMILES string of the molecule is CCNC(=O)CCN1C(=O)C(C)SC1c1ccc(OC)c(OC)c1. The monoisotopic (exact) mass is 352 g/mol. The molecule has 1 aliphatic rings. The zero-order chi connectivity index (χ0) is 17.7. The van der Waals surface area contributed by atoms with Crippen molar-refractivity contribution in [1.82, 2.24) is 10.2 Å². The van der Waals surface area contributed by atoms with Gasteiger partial charge in [-0.25, -0.2) is 0 Å². The smallest absolute Gasteiger partial charge is 0.236 e. The number of hydrogen-bond acceptors (Lipinski definition) is 5. The van der Waals surface area contributed by atoms with Crippen molar-refractivity contribution in [3.05, 3.63) is 23.8 Å². The van der Waals surface area contributed by atoms with E-state index in [4.69, 9.17) is 9.47 Å². The van der Waals surface area contributed by atoms with Crippen LogP contribution in [0.3, 0.4) is 0 Å². The predicted octanol–water partition coefficient (Wildman–Crippen LogP) is 2.19. The molecule has 1 aliphatic heterocycles. The number of amides is 2. The Morgan fingerprint density at radius 2 is 2.00 bits per heavy atom. The van der Waals surface area contributed by atoms with Crippen LogP contribution in [-0.4, -0.2) is 49.3 Å². The summed E-state index contributed by atoms with van der Waals surface area (Å²) in [7, 11) is 3.18. The maximum Gasteiger partial charge on any atom is 0.236 e. The van der Waals surface area contributed by atoms with Crippen LogP contribution in [0.1, 0.15) is 31.2 Å². The van der Waals surface area contributed by atoms with E-state index in [0.29, 0.717) is 31.0 Å². The molecule has 1 fully saturated rings. The van der Waals surface area contributed by atoms with E-state index in [1.807, 2.05) is 32.0 Å². The maximum absolute atomic E-state index is 12.5. The molecule has 2 rings (SSSR count). The van der Waals surface area contributed by atoms with Crippen LogP contribution in [-0.2, 0) is 9.59 Å². The molecule has 0 bridgehead atoms. The summed E-state index contributed by atoms with van der Waals surface area (Å²) in [6.07, 6.45) is 0.302. The molecule has 132 valence electrons. The van der Waals surface area contributed by atoms with E-state index in [-0.39, 0.29) is 22.4 Å². The highest BCUT2D eigenvalue weighted by Crippen LogP contribution is 2.44. The van der Waals surface area contributed by atoms with Gasteiger partial charge in [-0.15, -0.1) is 11.8 Å². The number of carbonyl (C=O) groups is 2. The molecule has 1 aromatic rings. The van der Waals surface area contributed by atoms with Crippen molar-refractivity contribution in [3.63, 3.8) is 0 Å². The Hall–Kier alpha value is -1.89. The molecule has 2 amide bonds. The highest BCUT2D eigenvalue weighted by molar-refractivity contribution is 8.01. The largest absolute Gasteiger partial charge is 0.493 e. The van der Waals surface area contributed by atoms with Gasteiger partial charge in [0, 0.05) is 19.5 Å². The minimum Gasteiger partial charge on any atom is -0.493 e. The Labute approximate surface area is 146 Å². The van der Waals surface area contributed by atoms with Crippen LogP contribution >= 0.6 is 11.8 Å². The third kappa shape index (κ3) is 3.95. The summed E-state index contributed by atoms with van der Waals surface area (Å²) in [5, 5.41) is 2.51. The number of carbonyl (C=O) groups excluding carboxylic acids is 2. The summed E-state index contributed by atoms with van der Waals surface area (Å²) in [5.74, 6) is 1.30. The van der Waals surface area contributed by atoms with Crippen molar-refractivity contribution in [1.29, 1.82) is 0 Å². The zero-order valence-electron chi connectivity index (χ0n) is 14.5. The molecule has 0 aliphatic carbocycles. The first-order valence-corrected chi connectivity index (χ1v) is 8.90. The van der Waals surface area contributed by atoms with Crippen LogP contribution in [0.4, 0.5) is 0 Å². The van der Waals surface area contributed by atoms with Crippen molar-refractivity contribution in [2.24, 2.45) is 0 Å². The lowest BCUT2D eigenvalue weighted by atomic mass is 10.1.